The standard InChI is InChI=1S/C9H12N2O/c10-6-5-8-3-1-2-4-9(8)7-11-12/h1-4H,5-7,10H2. The molecule has 0 bridgehead atoms. The maximum absolute atomic E-state index is 10.0. The zero-order chi connectivity index (χ0) is 8.81. The number of hydrogen-bond acceptors (Lipinski definition) is 3. The Bertz CT molecular complexity index is 260. The first-order valence-electron chi connectivity index (χ1n) is 3.94. The first-order valence-corrected chi connectivity index (χ1v) is 3.94. The molecule has 0 saturated carbocycles. The van der Waals surface area contributed by atoms with E-state index in [1.165, 1.54) is 0 Å². The van der Waals surface area contributed by atoms with Crippen molar-refractivity contribution < 1.29 is 0 Å². The monoisotopic (exact) mass is 164 g/mol. The molecule has 3 nitrogen and oxygen atoms in total. The SMILES string of the molecule is NCCc1ccccc1CN=O. The fourth-order valence-electron chi connectivity index (χ4n) is 1.18. The van der Waals surface area contributed by atoms with E-state index in [4.69, 9.17) is 5.73 Å². The molecule has 0 aromatic heterocycles. The molecule has 0 spiro atoms. The van der Waals surface area contributed by atoms with Crippen LogP contribution >= 0.6 is 0 Å². The Hall–Kier alpha value is -1.22. The lowest BCUT2D eigenvalue weighted by Gasteiger charge is -2.03. The van der Waals surface area contributed by atoms with Crippen LogP contribution in [0, 0.1) is 4.91 Å². The highest BCUT2D eigenvalue weighted by Gasteiger charge is 1.99. The molecule has 0 fully saturated rings. The highest BCUT2D eigenvalue weighted by atomic mass is 16.3. The maximum atomic E-state index is 10.0. The first kappa shape index (κ1) is 8.87. The lowest BCUT2D eigenvalue weighted by molar-refractivity contribution is 0.927. The van der Waals surface area contributed by atoms with Gasteiger partial charge >= 0.3 is 0 Å². The zero-order valence-corrected chi connectivity index (χ0v) is 6.86. The predicted molar refractivity (Wildman–Crippen MR) is 48.7 cm³/mol. The summed E-state index contributed by atoms with van der Waals surface area (Å²) in [5.74, 6) is 0. The van der Waals surface area contributed by atoms with Crippen LogP contribution in [0.2, 0.25) is 0 Å². The molecule has 1 rings (SSSR count). The van der Waals surface area contributed by atoms with E-state index in [1.54, 1.807) is 0 Å². The molecule has 0 unspecified atom stereocenters. The molecule has 0 amide bonds. The van der Waals surface area contributed by atoms with E-state index >= 15 is 0 Å². The van der Waals surface area contributed by atoms with E-state index in [9.17, 15) is 4.91 Å². The van der Waals surface area contributed by atoms with Crippen LogP contribution in [-0.4, -0.2) is 6.54 Å². The first-order chi connectivity index (χ1) is 5.88. The molecule has 12 heavy (non-hydrogen) atoms. The second-order valence-electron chi connectivity index (χ2n) is 2.59. The molecule has 0 saturated heterocycles. The molecule has 1 aromatic rings. The van der Waals surface area contributed by atoms with Crippen molar-refractivity contribution >= 4 is 0 Å². The van der Waals surface area contributed by atoms with Crippen molar-refractivity contribution in [3.8, 4) is 0 Å². The van der Waals surface area contributed by atoms with Gasteiger partial charge in [-0.2, -0.15) is 4.91 Å². The quantitative estimate of drug-likeness (QED) is 0.685. The zero-order valence-electron chi connectivity index (χ0n) is 6.86. The topological polar surface area (TPSA) is 55.4 Å². The van der Waals surface area contributed by atoms with Crippen molar-refractivity contribution in [3.05, 3.63) is 40.3 Å². The van der Waals surface area contributed by atoms with Crippen molar-refractivity contribution in [1.82, 2.24) is 0 Å². The molecule has 0 radical (unpaired) electrons. The average Bonchev–Trinajstić information content (AvgIpc) is 2.09. The highest BCUT2D eigenvalue weighted by Crippen LogP contribution is 2.09. The summed E-state index contributed by atoms with van der Waals surface area (Å²) < 4.78 is 0. The van der Waals surface area contributed by atoms with Crippen LogP contribution in [0.5, 0.6) is 0 Å². The second-order valence-corrected chi connectivity index (χ2v) is 2.59. The average molecular weight is 164 g/mol. The van der Waals surface area contributed by atoms with Crippen molar-refractivity contribution in [2.24, 2.45) is 10.9 Å². The lowest BCUT2D eigenvalue weighted by atomic mass is 10.1. The van der Waals surface area contributed by atoms with Gasteiger partial charge in [0, 0.05) is 0 Å². The second kappa shape index (κ2) is 4.62. The molecule has 2 N–H and O–H groups in total. The fourth-order valence-corrected chi connectivity index (χ4v) is 1.18. The van der Waals surface area contributed by atoms with Gasteiger partial charge < -0.3 is 5.73 Å². The Labute approximate surface area is 71.6 Å². The van der Waals surface area contributed by atoms with Crippen LogP contribution in [-0.2, 0) is 13.0 Å². The number of rotatable bonds is 4. The molecule has 0 aliphatic heterocycles. The number of nitrogens with two attached hydrogens (primary N) is 1. The van der Waals surface area contributed by atoms with E-state index in [0.29, 0.717) is 6.54 Å². The van der Waals surface area contributed by atoms with Crippen LogP contribution in [0.25, 0.3) is 0 Å². The Morgan fingerprint density at radius 1 is 1.25 bits per heavy atom. The Kier molecular flexibility index (Phi) is 3.41. The van der Waals surface area contributed by atoms with Crippen LogP contribution in [0.4, 0.5) is 0 Å². The van der Waals surface area contributed by atoms with Gasteiger partial charge in [-0.25, -0.2) is 0 Å². The summed E-state index contributed by atoms with van der Waals surface area (Å²) in [6, 6.07) is 7.74. The molecule has 0 aliphatic rings. The number of benzene rings is 1. The number of nitrogens with zero attached hydrogens (tertiary/aromatic N) is 1. The molecule has 0 aliphatic carbocycles. The summed E-state index contributed by atoms with van der Waals surface area (Å²) in [6.45, 7) is 0.853. The summed E-state index contributed by atoms with van der Waals surface area (Å²) in [4.78, 5) is 10.0. The van der Waals surface area contributed by atoms with Crippen molar-refractivity contribution in [1.29, 1.82) is 0 Å². The Morgan fingerprint density at radius 2 is 1.92 bits per heavy atom. The van der Waals surface area contributed by atoms with Crippen molar-refractivity contribution in [2.45, 2.75) is 13.0 Å². The molecule has 64 valence electrons. The van der Waals surface area contributed by atoms with Gasteiger partial charge in [-0.3, -0.25) is 0 Å². The van der Waals surface area contributed by atoms with Crippen LogP contribution in [0.3, 0.4) is 0 Å². The predicted octanol–water partition coefficient (Wildman–Crippen LogP) is 1.45. The van der Waals surface area contributed by atoms with Crippen molar-refractivity contribution in [3.63, 3.8) is 0 Å². The minimum absolute atomic E-state index is 0.246. The smallest absolute Gasteiger partial charge is 0.106 e. The van der Waals surface area contributed by atoms with E-state index in [0.717, 1.165) is 17.5 Å². The minimum atomic E-state index is 0.246. The van der Waals surface area contributed by atoms with Gasteiger partial charge in [0.25, 0.3) is 0 Å². The lowest BCUT2D eigenvalue weighted by Crippen LogP contribution is -2.04. The van der Waals surface area contributed by atoms with Gasteiger partial charge in [-0.05, 0) is 24.1 Å². The molecule has 0 heterocycles. The molecular formula is C9H12N2O. The third-order valence-corrected chi connectivity index (χ3v) is 1.77. The van der Waals surface area contributed by atoms with Crippen LogP contribution < -0.4 is 5.73 Å². The van der Waals surface area contributed by atoms with Gasteiger partial charge in [0.2, 0.25) is 0 Å². The van der Waals surface area contributed by atoms with Gasteiger partial charge in [0.15, 0.2) is 0 Å². The van der Waals surface area contributed by atoms with E-state index in [2.05, 4.69) is 5.18 Å². The van der Waals surface area contributed by atoms with E-state index in [-0.39, 0.29) is 6.54 Å². The number of hydrogen-bond donors (Lipinski definition) is 1. The normalized spacial score (nSPS) is 9.75. The Morgan fingerprint density at radius 3 is 2.50 bits per heavy atom. The Balaban J connectivity index is 2.83. The summed E-state index contributed by atoms with van der Waals surface area (Å²) in [7, 11) is 0. The highest BCUT2D eigenvalue weighted by molar-refractivity contribution is 5.27. The molecule has 0 atom stereocenters. The summed E-state index contributed by atoms with van der Waals surface area (Å²) in [5.41, 5.74) is 7.53. The van der Waals surface area contributed by atoms with E-state index < -0.39 is 0 Å². The van der Waals surface area contributed by atoms with Crippen molar-refractivity contribution in [2.75, 3.05) is 6.54 Å². The fraction of sp³-hybridized carbons (Fsp3) is 0.333. The van der Waals surface area contributed by atoms with Crippen LogP contribution in [0.1, 0.15) is 11.1 Å². The third-order valence-electron chi connectivity index (χ3n) is 1.77. The van der Waals surface area contributed by atoms with E-state index in [1.807, 2.05) is 24.3 Å². The van der Waals surface area contributed by atoms with Gasteiger partial charge in [0.1, 0.15) is 6.54 Å². The number of nitroso groups, excluding NO2 is 1. The third kappa shape index (κ3) is 2.13. The molecule has 3 heteroatoms. The summed E-state index contributed by atoms with van der Waals surface area (Å²) >= 11 is 0. The van der Waals surface area contributed by atoms with Crippen LogP contribution in [0.15, 0.2) is 29.4 Å². The largest absolute Gasteiger partial charge is 0.330 e. The maximum Gasteiger partial charge on any atom is 0.106 e. The summed E-state index contributed by atoms with van der Waals surface area (Å²) in [5, 5.41) is 2.86. The molecule has 1 aromatic carbocycles. The summed E-state index contributed by atoms with van der Waals surface area (Å²) in [6.07, 6.45) is 0.811. The van der Waals surface area contributed by atoms with Gasteiger partial charge in [-0.15, -0.1) is 0 Å². The van der Waals surface area contributed by atoms with Gasteiger partial charge in [0.05, 0.1) is 0 Å². The molecular weight excluding hydrogens is 152 g/mol. The minimum Gasteiger partial charge on any atom is -0.330 e. The van der Waals surface area contributed by atoms with Gasteiger partial charge in [-0.1, -0.05) is 29.4 Å².